The summed E-state index contributed by atoms with van der Waals surface area (Å²) in [6, 6.07) is 3.93. The van der Waals surface area contributed by atoms with Gasteiger partial charge in [0.15, 0.2) is 0 Å². The van der Waals surface area contributed by atoms with Crippen molar-refractivity contribution in [2.75, 3.05) is 6.54 Å². The molecule has 1 saturated heterocycles. The third-order valence-corrected chi connectivity index (χ3v) is 4.26. The van der Waals surface area contributed by atoms with E-state index in [2.05, 4.69) is 20.4 Å². The van der Waals surface area contributed by atoms with Crippen molar-refractivity contribution in [3.63, 3.8) is 0 Å². The van der Waals surface area contributed by atoms with Gasteiger partial charge < -0.3 is 14.9 Å². The summed E-state index contributed by atoms with van der Waals surface area (Å²) in [4.78, 5) is 8.77. The zero-order chi connectivity index (χ0) is 13.5. The Morgan fingerprint density at radius 3 is 3.25 bits per heavy atom. The number of β-amino-alcohol motifs (C(OH)–C–C–N with tert-alkyl or cyclic N) is 1. The van der Waals surface area contributed by atoms with Gasteiger partial charge in [-0.3, -0.25) is 4.98 Å². The van der Waals surface area contributed by atoms with E-state index in [1.54, 1.807) is 17.5 Å². The van der Waals surface area contributed by atoms with Gasteiger partial charge in [-0.05, 0) is 23.9 Å². The van der Waals surface area contributed by atoms with Crippen LogP contribution < -0.4 is 5.32 Å². The molecule has 4 heterocycles. The second kappa shape index (κ2) is 4.62. The molecule has 0 unspecified atom stereocenters. The summed E-state index contributed by atoms with van der Waals surface area (Å²) < 4.78 is 6.39. The first kappa shape index (κ1) is 12.0. The minimum atomic E-state index is -0.348. The number of aromatic nitrogens is 3. The maximum absolute atomic E-state index is 9.52. The Hall–Kier alpha value is -1.83. The highest BCUT2D eigenvalue weighted by atomic mass is 32.1. The van der Waals surface area contributed by atoms with E-state index in [9.17, 15) is 5.11 Å². The van der Waals surface area contributed by atoms with Gasteiger partial charge in [-0.15, -0.1) is 11.3 Å². The summed E-state index contributed by atoms with van der Waals surface area (Å²) in [6.45, 7) is 0.561. The molecule has 0 radical (unpaired) electrons. The highest BCUT2D eigenvalue weighted by molar-refractivity contribution is 7.17. The molecule has 0 aliphatic carbocycles. The topological polar surface area (TPSA) is 84.1 Å². The molecule has 1 aliphatic rings. The fourth-order valence-corrected chi connectivity index (χ4v) is 3.15. The third-order valence-electron chi connectivity index (χ3n) is 3.41. The predicted molar refractivity (Wildman–Crippen MR) is 74.3 cm³/mol. The normalized spacial score (nSPS) is 22.6. The number of aliphatic hydroxyl groups excluding tert-OH is 1. The third kappa shape index (κ3) is 2.00. The summed E-state index contributed by atoms with van der Waals surface area (Å²) in [6.07, 6.45) is 2.00. The standard InChI is InChI=1S/C13H12N4O2S/c18-8-4-10(15-6-8)13-16-12(17-19-13)7-3-11-9(14-5-7)1-2-20-11/h1-3,5,8,10,15,18H,4,6H2/t8-,10+/m1/s1. The molecule has 0 saturated carbocycles. The number of hydrogen-bond acceptors (Lipinski definition) is 7. The molecule has 20 heavy (non-hydrogen) atoms. The van der Waals surface area contributed by atoms with Crippen LogP contribution in [0.5, 0.6) is 0 Å². The molecule has 3 aromatic heterocycles. The van der Waals surface area contributed by atoms with Crippen molar-refractivity contribution in [1.82, 2.24) is 20.4 Å². The Morgan fingerprint density at radius 2 is 2.40 bits per heavy atom. The van der Waals surface area contributed by atoms with E-state index in [-0.39, 0.29) is 12.1 Å². The van der Waals surface area contributed by atoms with Gasteiger partial charge in [0.2, 0.25) is 11.7 Å². The highest BCUT2D eigenvalue weighted by Crippen LogP contribution is 2.27. The van der Waals surface area contributed by atoms with E-state index in [0.717, 1.165) is 15.8 Å². The van der Waals surface area contributed by atoms with Crippen LogP contribution in [0.15, 0.2) is 28.2 Å². The van der Waals surface area contributed by atoms with Crippen molar-refractivity contribution < 1.29 is 9.63 Å². The van der Waals surface area contributed by atoms with Crippen LogP contribution in [-0.4, -0.2) is 32.9 Å². The molecule has 4 rings (SSSR count). The Kier molecular flexibility index (Phi) is 2.76. The molecule has 0 bridgehead atoms. The maximum atomic E-state index is 9.52. The molecule has 6 nitrogen and oxygen atoms in total. The smallest absolute Gasteiger partial charge is 0.244 e. The Morgan fingerprint density at radius 1 is 1.45 bits per heavy atom. The highest BCUT2D eigenvalue weighted by Gasteiger charge is 2.28. The Bertz CT molecular complexity index is 754. The predicted octanol–water partition coefficient (Wildman–Crippen LogP) is 1.74. The number of hydrogen-bond donors (Lipinski definition) is 2. The lowest BCUT2D eigenvalue weighted by Gasteiger charge is -2.01. The Balaban J connectivity index is 1.66. The first-order chi connectivity index (χ1) is 9.79. The summed E-state index contributed by atoms with van der Waals surface area (Å²) in [7, 11) is 0. The van der Waals surface area contributed by atoms with Crippen LogP contribution in [0.4, 0.5) is 0 Å². The number of aliphatic hydroxyl groups is 1. The molecule has 0 spiro atoms. The van der Waals surface area contributed by atoms with E-state index in [1.165, 1.54) is 0 Å². The molecule has 0 amide bonds. The molecular formula is C13H12N4O2S. The zero-order valence-corrected chi connectivity index (χ0v) is 11.3. The molecule has 1 aliphatic heterocycles. The van der Waals surface area contributed by atoms with Crippen molar-refractivity contribution in [1.29, 1.82) is 0 Å². The average Bonchev–Trinajstić information content (AvgIpc) is 3.17. The van der Waals surface area contributed by atoms with Crippen molar-refractivity contribution in [3.05, 3.63) is 29.6 Å². The average molecular weight is 288 g/mol. The number of nitrogens with zero attached hydrogens (tertiary/aromatic N) is 3. The van der Waals surface area contributed by atoms with Crippen molar-refractivity contribution in [2.24, 2.45) is 0 Å². The molecule has 102 valence electrons. The van der Waals surface area contributed by atoms with Gasteiger partial charge in [0.25, 0.3) is 0 Å². The van der Waals surface area contributed by atoms with Crippen LogP contribution in [0.1, 0.15) is 18.4 Å². The number of fused-ring (bicyclic) bond motifs is 1. The van der Waals surface area contributed by atoms with Crippen LogP contribution in [0.2, 0.25) is 0 Å². The minimum absolute atomic E-state index is 0.0651. The van der Waals surface area contributed by atoms with E-state index in [4.69, 9.17) is 4.52 Å². The van der Waals surface area contributed by atoms with E-state index in [0.29, 0.717) is 24.7 Å². The second-order valence-corrected chi connectivity index (χ2v) is 5.78. The molecule has 1 fully saturated rings. The second-order valence-electron chi connectivity index (χ2n) is 4.83. The van der Waals surface area contributed by atoms with E-state index in [1.807, 2.05) is 17.5 Å². The molecule has 2 N–H and O–H groups in total. The lowest BCUT2D eigenvalue weighted by molar-refractivity contribution is 0.191. The van der Waals surface area contributed by atoms with Crippen LogP contribution in [-0.2, 0) is 0 Å². The monoisotopic (exact) mass is 288 g/mol. The first-order valence-corrected chi connectivity index (χ1v) is 7.26. The SMILES string of the molecule is O[C@H]1CN[C@H](c2nc(-c3cnc4ccsc4c3)no2)C1. The van der Waals surface area contributed by atoms with Crippen LogP contribution in [0, 0.1) is 0 Å². The first-order valence-electron chi connectivity index (χ1n) is 6.38. The lowest BCUT2D eigenvalue weighted by Crippen LogP contribution is -2.15. The fraction of sp³-hybridized carbons (Fsp3) is 0.308. The van der Waals surface area contributed by atoms with Crippen molar-refractivity contribution in [3.8, 4) is 11.4 Å². The maximum Gasteiger partial charge on any atom is 0.244 e. The zero-order valence-electron chi connectivity index (χ0n) is 10.5. The lowest BCUT2D eigenvalue weighted by atomic mass is 10.2. The minimum Gasteiger partial charge on any atom is -0.392 e. The van der Waals surface area contributed by atoms with Gasteiger partial charge in [-0.1, -0.05) is 5.16 Å². The van der Waals surface area contributed by atoms with Gasteiger partial charge in [0.05, 0.1) is 22.4 Å². The molecule has 7 heteroatoms. The van der Waals surface area contributed by atoms with Crippen molar-refractivity contribution >= 4 is 21.6 Å². The van der Waals surface area contributed by atoms with Crippen LogP contribution in [0.25, 0.3) is 21.6 Å². The number of nitrogens with one attached hydrogen (secondary N) is 1. The summed E-state index contributed by atoms with van der Waals surface area (Å²) in [5, 5.41) is 18.7. The largest absolute Gasteiger partial charge is 0.392 e. The number of pyridine rings is 1. The van der Waals surface area contributed by atoms with Gasteiger partial charge in [0.1, 0.15) is 0 Å². The van der Waals surface area contributed by atoms with E-state index >= 15 is 0 Å². The van der Waals surface area contributed by atoms with Gasteiger partial charge in [0, 0.05) is 18.3 Å². The van der Waals surface area contributed by atoms with Crippen molar-refractivity contribution in [2.45, 2.75) is 18.6 Å². The van der Waals surface area contributed by atoms with E-state index < -0.39 is 0 Å². The molecule has 0 aromatic carbocycles. The quantitative estimate of drug-likeness (QED) is 0.747. The fourth-order valence-electron chi connectivity index (χ4n) is 2.37. The molecule has 3 aromatic rings. The molecular weight excluding hydrogens is 276 g/mol. The van der Waals surface area contributed by atoms with Gasteiger partial charge in [-0.2, -0.15) is 4.98 Å². The number of thiophene rings is 1. The summed E-state index contributed by atoms with van der Waals surface area (Å²) in [5.74, 6) is 1.05. The summed E-state index contributed by atoms with van der Waals surface area (Å²) >= 11 is 1.63. The van der Waals surface area contributed by atoms with Gasteiger partial charge >= 0.3 is 0 Å². The van der Waals surface area contributed by atoms with Crippen LogP contribution >= 0.6 is 11.3 Å². The Labute approximate surface area is 118 Å². The van der Waals surface area contributed by atoms with Crippen LogP contribution in [0.3, 0.4) is 0 Å². The van der Waals surface area contributed by atoms with Gasteiger partial charge in [-0.25, -0.2) is 0 Å². The molecule has 2 atom stereocenters. The summed E-state index contributed by atoms with van der Waals surface area (Å²) in [5.41, 5.74) is 1.82. The number of rotatable bonds is 2.